The Bertz CT molecular complexity index is 365. The molecular weight excluding hydrogens is 252 g/mol. The molecule has 8 heteroatoms. The number of rotatable bonds is 7. The fourth-order valence-corrected chi connectivity index (χ4v) is 1.48. The van der Waals surface area contributed by atoms with E-state index in [1.807, 2.05) is 0 Å². The van der Waals surface area contributed by atoms with Crippen LogP contribution in [0.15, 0.2) is 0 Å². The van der Waals surface area contributed by atoms with Crippen LogP contribution in [0.5, 0.6) is 0 Å². The summed E-state index contributed by atoms with van der Waals surface area (Å²) in [7, 11) is 0. The Balaban J connectivity index is 4.83. The lowest BCUT2D eigenvalue weighted by Crippen LogP contribution is -2.55. The van der Waals surface area contributed by atoms with Gasteiger partial charge in [-0.25, -0.2) is 0 Å². The molecule has 8 nitrogen and oxygen atoms in total. The van der Waals surface area contributed by atoms with E-state index in [1.54, 1.807) is 13.8 Å². The van der Waals surface area contributed by atoms with Crippen molar-refractivity contribution >= 4 is 23.6 Å². The van der Waals surface area contributed by atoms with E-state index in [-0.39, 0.29) is 12.3 Å². The van der Waals surface area contributed by atoms with Gasteiger partial charge in [0.25, 0.3) is 0 Å². The minimum Gasteiger partial charge on any atom is -0.370 e. The molecule has 0 saturated heterocycles. The summed E-state index contributed by atoms with van der Waals surface area (Å²) >= 11 is 0. The minimum absolute atomic E-state index is 0.215. The molecule has 0 aromatic rings. The van der Waals surface area contributed by atoms with E-state index in [9.17, 15) is 19.2 Å². The van der Waals surface area contributed by atoms with Crippen molar-refractivity contribution in [1.29, 1.82) is 0 Å². The van der Waals surface area contributed by atoms with E-state index in [0.717, 1.165) is 0 Å². The van der Waals surface area contributed by atoms with Gasteiger partial charge in [-0.3, -0.25) is 19.2 Å². The quantitative estimate of drug-likeness (QED) is 0.424. The van der Waals surface area contributed by atoms with E-state index < -0.39 is 35.7 Å². The summed E-state index contributed by atoms with van der Waals surface area (Å²) < 4.78 is 0. The topological polar surface area (TPSA) is 144 Å². The Morgan fingerprint density at radius 1 is 1.05 bits per heavy atom. The fourth-order valence-electron chi connectivity index (χ4n) is 1.48. The first-order valence-electron chi connectivity index (χ1n) is 5.80. The van der Waals surface area contributed by atoms with Crippen LogP contribution < -0.4 is 22.1 Å². The average molecular weight is 272 g/mol. The zero-order valence-corrected chi connectivity index (χ0v) is 11.2. The second-order valence-corrected chi connectivity index (χ2v) is 4.56. The Hall–Kier alpha value is -2.12. The average Bonchev–Trinajstić information content (AvgIpc) is 2.22. The molecule has 0 rings (SSSR count). The van der Waals surface area contributed by atoms with E-state index in [4.69, 9.17) is 11.5 Å². The van der Waals surface area contributed by atoms with Crippen LogP contribution in [0.2, 0.25) is 0 Å². The van der Waals surface area contributed by atoms with Crippen LogP contribution in [-0.2, 0) is 19.2 Å². The third kappa shape index (κ3) is 6.39. The highest BCUT2D eigenvalue weighted by atomic mass is 16.2. The highest BCUT2D eigenvalue weighted by Crippen LogP contribution is 2.02. The molecule has 0 heterocycles. The van der Waals surface area contributed by atoms with E-state index >= 15 is 0 Å². The third-order valence-corrected chi connectivity index (χ3v) is 2.37. The van der Waals surface area contributed by atoms with Crippen molar-refractivity contribution < 1.29 is 19.2 Å². The van der Waals surface area contributed by atoms with Gasteiger partial charge in [-0.05, 0) is 5.92 Å². The fraction of sp³-hybridized carbons (Fsp3) is 0.636. The molecule has 0 aromatic heterocycles. The van der Waals surface area contributed by atoms with Gasteiger partial charge in [0.2, 0.25) is 23.6 Å². The number of amides is 4. The van der Waals surface area contributed by atoms with E-state index in [0.29, 0.717) is 0 Å². The second-order valence-electron chi connectivity index (χ2n) is 4.56. The molecule has 0 aliphatic rings. The Labute approximate surface area is 111 Å². The summed E-state index contributed by atoms with van der Waals surface area (Å²) in [5.74, 6) is -2.81. The second kappa shape index (κ2) is 7.34. The van der Waals surface area contributed by atoms with Gasteiger partial charge in [0.05, 0.1) is 6.42 Å². The summed E-state index contributed by atoms with van der Waals surface area (Å²) in [4.78, 5) is 44.9. The monoisotopic (exact) mass is 272 g/mol. The maximum absolute atomic E-state index is 11.9. The maximum atomic E-state index is 11.9. The van der Waals surface area contributed by atoms with Gasteiger partial charge >= 0.3 is 0 Å². The summed E-state index contributed by atoms with van der Waals surface area (Å²) in [6.45, 7) is 4.61. The Morgan fingerprint density at radius 2 is 1.58 bits per heavy atom. The first-order valence-corrected chi connectivity index (χ1v) is 5.80. The Morgan fingerprint density at radius 3 is 1.89 bits per heavy atom. The van der Waals surface area contributed by atoms with Crippen molar-refractivity contribution in [3.63, 3.8) is 0 Å². The SMILES string of the molecule is CC(=O)NC(CC(N)=O)C(=O)NC(C(N)=O)C(C)C. The maximum Gasteiger partial charge on any atom is 0.243 e. The van der Waals surface area contributed by atoms with Crippen molar-refractivity contribution in [3.8, 4) is 0 Å². The molecule has 2 unspecified atom stereocenters. The predicted molar refractivity (Wildman–Crippen MR) is 67.4 cm³/mol. The van der Waals surface area contributed by atoms with Crippen molar-refractivity contribution in [3.05, 3.63) is 0 Å². The van der Waals surface area contributed by atoms with Gasteiger partial charge in [-0.15, -0.1) is 0 Å². The zero-order valence-electron chi connectivity index (χ0n) is 11.2. The third-order valence-electron chi connectivity index (χ3n) is 2.37. The van der Waals surface area contributed by atoms with Crippen LogP contribution in [0, 0.1) is 5.92 Å². The summed E-state index contributed by atoms with van der Waals surface area (Å²) in [5.41, 5.74) is 10.2. The number of primary amides is 2. The molecule has 0 bridgehead atoms. The molecule has 2 atom stereocenters. The Kier molecular flexibility index (Phi) is 6.53. The van der Waals surface area contributed by atoms with Gasteiger partial charge in [-0.2, -0.15) is 0 Å². The number of hydrogen-bond donors (Lipinski definition) is 4. The van der Waals surface area contributed by atoms with Crippen molar-refractivity contribution in [2.75, 3.05) is 0 Å². The number of nitrogens with one attached hydrogen (secondary N) is 2. The molecule has 0 aliphatic heterocycles. The van der Waals surface area contributed by atoms with Crippen LogP contribution in [0.25, 0.3) is 0 Å². The number of carbonyl (C=O) groups is 4. The molecule has 19 heavy (non-hydrogen) atoms. The molecule has 0 fully saturated rings. The molecule has 0 radical (unpaired) electrons. The minimum atomic E-state index is -1.12. The van der Waals surface area contributed by atoms with E-state index in [2.05, 4.69) is 10.6 Å². The smallest absolute Gasteiger partial charge is 0.243 e. The lowest BCUT2D eigenvalue weighted by molar-refractivity contribution is -0.133. The molecule has 0 aromatic carbocycles. The number of nitrogens with two attached hydrogens (primary N) is 2. The van der Waals surface area contributed by atoms with Crippen LogP contribution in [-0.4, -0.2) is 35.7 Å². The van der Waals surface area contributed by atoms with Crippen LogP contribution in [0.1, 0.15) is 27.2 Å². The van der Waals surface area contributed by atoms with Crippen LogP contribution in [0.3, 0.4) is 0 Å². The normalized spacial score (nSPS) is 13.5. The molecule has 6 N–H and O–H groups in total. The predicted octanol–water partition coefficient (Wildman–Crippen LogP) is -2.01. The lowest BCUT2D eigenvalue weighted by atomic mass is 10.0. The molecule has 4 amide bonds. The highest BCUT2D eigenvalue weighted by Gasteiger charge is 2.27. The van der Waals surface area contributed by atoms with Gasteiger partial charge in [-0.1, -0.05) is 13.8 Å². The number of carbonyl (C=O) groups excluding carboxylic acids is 4. The van der Waals surface area contributed by atoms with Gasteiger partial charge < -0.3 is 22.1 Å². The van der Waals surface area contributed by atoms with Gasteiger partial charge in [0, 0.05) is 6.92 Å². The molecule has 0 aliphatic carbocycles. The first kappa shape index (κ1) is 16.9. The van der Waals surface area contributed by atoms with Crippen molar-refractivity contribution in [2.45, 2.75) is 39.3 Å². The summed E-state index contributed by atoms with van der Waals surface area (Å²) in [5, 5.41) is 4.68. The molecule has 0 saturated carbocycles. The van der Waals surface area contributed by atoms with Gasteiger partial charge in [0.15, 0.2) is 0 Å². The zero-order chi connectivity index (χ0) is 15.2. The van der Waals surface area contributed by atoms with Crippen molar-refractivity contribution in [1.82, 2.24) is 10.6 Å². The highest BCUT2D eigenvalue weighted by molar-refractivity contribution is 5.94. The van der Waals surface area contributed by atoms with Crippen molar-refractivity contribution in [2.24, 2.45) is 17.4 Å². The summed E-state index contributed by atoms with van der Waals surface area (Å²) in [6.07, 6.45) is -0.352. The molecular formula is C11H20N4O4. The van der Waals surface area contributed by atoms with Gasteiger partial charge in [0.1, 0.15) is 12.1 Å². The lowest BCUT2D eigenvalue weighted by Gasteiger charge is -2.22. The van der Waals surface area contributed by atoms with Crippen LogP contribution >= 0.6 is 0 Å². The standard InChI is InChI=1S/C11H20N4O4/c1-5(2)9(10(13)18)15-11(19)7(4-8(12)17)14-6(3)16/h5,7,9H,4H2,1-3H3,(H2,12,17)(H2,13,18)(H,14,16)(H,15,19). The summed E-state index contributed by atoms with van der Waals surface area (Å²) in [6, 6.07) is -1.99. The largest absolute Gasteiger partial charge is 0.370 e. The molecule has 108 valence electrons. The number of hydrogen-bond acceptors (Lipinski definition) is 4. The van der Waals surface area contributed by atoms with E-state index in [1.165, 1.54) is 6.92 Å². The molecule has 0 spiro atoms. The first-order chi connectivity index (χ1) is 8.65. The van der Waals surface area contributed by atoms with Crippen LogP contribution in [0.4, 0.5) is 0 Å².